The van der Waals surface area contributed by atoms with Crippen LogP contribution in [0, 0.1) is 0 Å². The minimum atomic E-state index is -0.633. The summed E-state index contributed by atoms with van der Waals surface area (Å²) in [5.41, 5.74) is 0.974. The van der Waals surface area contributed by atoms with E-state index in [1.54, 1.807) is 19.1 Å². The highest BCUT2D eigenvalue weighted by Gasteiger charge is 2.26. The second-order valence-corrected chi connectivity index (χ2v) is 7.96. The molecule has 3 rings (SSSR count). The van der Waals surface area contributed by atoms with E-state index in [4.69, 9.17) is 16.3 Å². The van der Waals surface area contributed by atoms with Gasteiger partial charge in [-0.05, 0) is 30.0 Å². The molecule has 1 aliphatic rings. The molecule has 0 unspecified atom stereocenters. The number of nitrogens with one attached hydrogen (secondary N) is 2. The number of halogens is 1. The van der Waals surface area contributed by atoms with E-state index in [1.807, 2.05) is 29.6 Å². The van der Waals surface area contributed by atoms with Crippen molar-refractivity contribution >= 4 is 34.8 Å². The van der Waals surface area contributed by atoms with E-state index in [2.05, 4.69) is 15.5 Å². The maximum atomic E-state index is 12.6. The normalized spacial score (nSPS) is 16.9. The predicted octanol–water partition coefficient (Wildman–Crippen LogP) is 2.71. The predicted molar refractivity (Wildman–Crippen MR) is 111 cm³/mol. The minimum absolute atomic E-state index is 0.0539. The number of benzene rings is 1. The van der Waals surface area contributed by atoms with E-state index < -0.39 is 6.04 Å². The number of rotatable bonds is 7. The minimum Gasteiger partial charge on any atom is -0.379 e. The molecule has 0 aliphatic carbocycles. The highest BCUT2D eigenvalue weighted by Crippen LogP contribution is 2.27. The quantitative estimate of drug-likeness (QED) is 0.721. The third-order valence-electron chi connectivity index (χ3n) is 4.71. The lowest BCUT2D eigenvalue weighted by Crippen LogP contribution is -2.48. The number of carbonyl (C=O) groups excluding carboxylic acids is 2. The third-order valence-corrected chi connectivity index (χ3v) is 5.92. The zero-order chi connectivity index (χ0) is 19.9. The summed E-state index contributed by atoms with van der Waals surface area (Å²) in [6, 6.07) is 10.5. The van der Waals surface area contributed by atoms with Gasteiger partial charge in [-0.15, -0.1) is 11.3 Å². The molecule has 0 saturated carbocycles. The lowest BCUT2D eigenvalue weighted by atomic mass is 10.0. The molecule has 1 aromatic carbocycles. The van der Waals surface area contributed by atoms with Crippen LogP contribution in [0.15, 0.2) is 41.8 Å². The number of amides is 2. The van der Waals surface area contributed by atoms with Crippen LogP contribution in [0.1, 0.15) is 28.2 Å². The number of hydrogen-bond donors (Lipinski definition) is 2. The Labute approximate surface area is 173 Å². The summed E-state index contributed by atoms with van der Waals surface area (Å²) in [5.74, 6) is -0.469. The van der Waals surface area contributed by atoms with Crippen molar-refractivity contribution in [1.82, 2.24) is 15.5 Å². The van der Waals surface area contributed by atoms with E-state index in [-0.39, 0.29) is 17.9 Å². The van der Waals surface area contributed by atoms with Gasteiger partial charge in [-0.3, -0.25) is 14.5 Å². The summed E-state index contributed by atoms with van der Waals surface area (Å²) in [6.07, 6.45) is 0. The van der Waals surface area contributed by atoms with Crippen LogP contribution in [-0.4, -0.2) is 55.6 Å². The first kappa shape index (κ1) is 20.8. The topological polar surface area (TPSA) is 70.7 Å². The highest BCUT2D eigenvalue weighted by atomic mass is 35.5. The average molecular weight is 422 g/mol. The Morgan fingerprint density at radius 3 is 2.64 bits per heavy atom. The molecule has 1 aromatic heterocycles. The molecule has 0 radical (unpaired) electrons. The van der Waals surface area contributed by atoms with Gasteiger partial charge in [-0.1, -0.05) is 35.9 Å². The number of hydrogen-bond acceptors (Lipinski definition) is 5. The fourth-order valence-corrected chi connectivity index (χ4v) is 4.05. The van der Waals surface area contributed by atoms with Crippen LogP contribution in [0.2, 0.25) is 5.02 Å². The molecular weight excluding hydrogens is 398 g/mol. The molecule has 1 fully saturated rings. The van der Waals surface area contributed by atoms with E-state index >= 15 is 0 Å². The van der Waals surface area contributed by atoms with Crippen molar-refractivity contribution in [2.24, 2.45) is 0 Å². The Morgan fingerprint density at radius 1 is 1.21 bits per heavy atom. The molecule has 2 heterocycles. The molecule has 8 heteroatoms. The van der Waals surface area contributed by atoms with Crippen molar-refractivity contribution in [2.75, 3.05) is 32.8 Å². The maximum absolute atomic E-state index is 12.6. The third kappa shape index (κ3) is 5.32. The van der Waals surface area contributed by atoms with Crippen molar-refractivity contribution in [3.8, 4) is 0 Å². The molecule has 0 spiro atoms. The standard InChI is InChI=1S/C20H24ClN3O3S/c1-14(23-20(26)18-7-4-12-28-18)19(25)22-13-17(24-8-10-27-11-9-24)15-5-2-3-6-16(15)21/h2-7,12,14,17H,8-11,13H2,1H3,(H,22,25)(H,23,26)/t14-,17-/m1/s1. The van der Waals surface area contributed by atoms with Gasteiger partial charge in [0.2, 0.25) is 5.91 Å². The Morgan fingerprint density at radius 2 is 1.96 bits per heavy atom. The molecule has 1 aliphatic heterocycles. The van der Waals surface area contributed by atoms with Gasteiger partial charge < -0.3 is 15.4 Å². The number of nitrogens with zero attached hydrogens (tertiary/aromatic N) is 1. The van der Waals surface area contributed by atoms with Crippen LogP contribution in [0.5, 0.6) is 0 Å². The second-order valence-electron chi connectivity index (χ2n) is 6.60. The summed E-state index contributed by atoms with van der Waals surface area (Å²) in [5, 5.41) is 8.20. The van der Waals surface area contributed by atoms with Crippen molar-refractivity contribution in [3.05, 3.63) is 57.2 Å². The van der Waals surface area contributed by atoms with Gasteiger partial charge in [-0.25, -0.2) is 0 Å². The number of ether oxygens (including phenoxy) is 1. The molecule has 28 heavy (non-hydrogen) atoms. The van der Waals surface area contributed by atoms with E-state index in [9.17, 15) is 9.59 Å². The zero-order valence-corrected chi connectivity index (χ0v) is 17.3. The second kappa shape index (κ2) is 10.0. The van der Waals surface area contributed by atoms with Crippen molar-refractivity contribution in [1.29, 1.82) is 0 Å². The summed E-state index contributed by atoms with van der Waals surface area (Å²) >= 11 is 7.76. The Hall–Kier alpha value is -1.93. The first-order valence-electron chi connectivity index (χ1n) is 9.24. The van der Waals surface area contributed by atoms with Crippen LogP contribution in [0.25, 0.3) is 0 Å². The lowest BCUT2D eigenvalue weighted by molar-refractivity contribution is -0.122. The summed E-state index contributed by atoms with van der Waals surface area (Å²) < 4.78 is 5.45. The molecule has 2 atom stereocenters. The molecule has 2 aromatic rings. The van der Waals surface area contributed by atoms with Gasteiger partial charge in [0.15, 0.2) is 0 Å². The highest BCUT2D eigenvalue weighted by molar-refractivity contribution is 7.12. The first-order chi connectivity index (χ1) is 13.6. The smallest absolute Gasteiger partial charge is 0.261 e. The Balaban J connectivity index is 1.63. The van der Waals surface area contributed by atoms with Crippen LogP contribution in [0.4, 0.5) is 0 Å². The van der Waals surface area contributed by atoms with Crippen LogP contribution < -0.4 is 10.6 Å². The Kier molecular flexibility index (Phi) is 7.44. The lowest BCUT2D eigenvalue weighted by Gasteiger charge is -2.35. The molecule has 0 bridgehead atoms. The molecule has 2 N–H and O–H groups in total. The van der Waals surface area contributed by atoms with Gasteiger partial charge in [0.05, 0.1) is 24.1 Å². The van der Waals surface area contributed by atoms with Gasteiger partial charge >= 0.3 is 0 Å². The summed E-state index contributed by atoms with van der Waals surface area (Å²) in [4.78, 5) is 27.6. The Bertz CT molecular complexity index is 794. The first-order valence-corrected chi connectivity index (χ1v) is 10.5. The van der Waals surface area contributed by atoms with Gasteiger partial charge in [0.1, 0.15) is 6.04 Å². The molecule has 6 nitrogen and oxygen atoms in total. The van der Waals surface area contributed by atoms with E-state index in [1.165, 1.54) is 11.3 Å². The average Bonchev–Trinajstić information content (AvgIpc) is 3.25. The summed E-state index contributed by atoms with van der Waals surface area (Å²) in [6.45, 7) is 4.94. The SMILES string of the molecule is C[C@@H](NC(=O)c1cccs1)C(=O)NC[C@H](c1ccccc1Cl)N1CCOCC1. The van der Waals surface area contributed by atoms with Gasteiger partial charge in [0.25, 0.3) is 5.91 Å². The largest absolute Gasteiger partial charge is 0.379 e. The van der Waals surface area contributed by atoms with Gasteiger partial charge in [0, 0.05) is 24.7 Å². The summed E-state index contributed by atoms with van der Waals surface area (Å²) in [7, 11) is 0. The van der Waals surface area contributed by atoms with Crippen molar-refractivity contribution < 1.29 is 14.3 Å². The number of thiophene rings is 1. The van der Waals surface area contributed by atoms with Crippen LogP contribution in [0.3, 0.4) is 0 Å². The van der Waals surface area contributed by atoms with E-state index in [0.717, 1.165) is 18.7 Å². The fourth-order valence-electron chi connectivity index (χ4n) is 3.16. The monoisotopic (exact) mass is 421 g/mol. The maximum Gasteiger partial charge on any atom is 0.261 e. The molecule has 2 amide bonds. The van der Waals surface area contributed by atoms with Crippen molar-refractivity contribution in [2.45, 2.75) is 19.0 Å². The van der Waals surface area contributed by atoms with E-state index in [0.29, 0.717) is 29.7 Å². The van der Waals surface area contributed by atoms with Gasteiger partial charge in [-0.2, -0.15) is 0 Å². The van der Waals surface area contributed by atoms with Crippen LogP contribution in [-0.2, 0) is 9.53 Å². The zero-order valence-electron chi connectivity index (χ0n) is 15.7. The number of carbonyl (C=O) groups is 2. The molecule has 150 valence electrons. The molecular formula is C20H24ClN3O3S. The number of morpholine rings is 1. The van der Waals surface area contributed by atoms with Crippen LogP contribution >= 0.6 is 22.9 Å². The fraction of sp³-hybridized carbons (Fsp3) is 0.400. The molecule has 1 saturated heterocycles. The van der Waals surface area contributed by atoms with Crippen molar-refractivity contribution in [3.63, 3.8) is 0 Å².